The molecule has 6 heteroatoms. The van der Waals surface area contributed by atoms with Gasteiger partial charge in [-0.25, -0.2) is 4.98 Å². The highest BCUT2D eigenvalue weighted by Gasteiger charge is 2.13. The van der Waals surface area contributed by atoms with Gasteiger partial charge in [0.15, 0.2) is 5.16 Å². The molecule has 0 atom stereocenters. The third kappa shape index (κ3) is 3.65. The van der Waals surface area contributed by atoms with E-state index in [1.165, 1.54) is 11.1 Å². The van der Waals surface area contributed by atoms with E-state index in [0.717, 1.165) is 23.6 Å². The molecule has 26 heavy (non-hydrogen) atoms. The second kappa shape index (κ2) is 7.74. The number of benzene rings is 2. The molecule has 0 bridgehead atoms. The van der Waals surface area contributed by atoms with Crippen molar-refractivity contribution in [2.45, 2.75) is 37.2 Å². The van der Waals surface area contributed by atoms with Crippen LogP contribution in [0.15, 0.2) is 64.2 Å². The third-order valence-electron chi connectivity index (χ3n) is 4.10. The van der Waals surface area contributed by atoms with Gasteiger partial charge in [-0.1, -0.05) is 61.2 Å². The molecule has 0 amide bonds. The molecule has 0 N–H and O–H groups in total. The fourth-order valence-electron chi connectivity index (χ4n) is 2.92. The molecule has 4 rings (SSSR count). The van der Waals surface area contributed by atoms with Crippen LogP contribution in [0.5, 0.6) is 0 Å². The van der Waals surface area contributed by atoms with Gasteiger partial charge >= 0.3 is 0 Å². The van der Waals surface area contributed by atoms with Crippen LogP contribution >= 0.6 is 11.8 Å². The van der Waals surface area contributed by atoms with Crippen molar-refractivity contribution in [3.8, 4) is 0 Å². The molecule has 0 unspecified atom stereocenters. The minimum atomic E-state index is 0.620. The lowest BCUT2D eigenvalue weighted by Crippen LogP contribution is -1.98. The maximum atomic E-state index is 5.80. The van der Waals surface area contributed by atoms with Crippen LogP contribution < -0.4 is 0 Å². The lowest BCUT2D eigenvalue weighted by Gasteiger charge is -2.05. The van der Waals surface area contributed by atoms with E-state index in [9.17, 15) is 0 Å². The Morgan fingerprint density at radius 2 is 1.73 bits per heavy atom. The van der Waals surface area contributed by atoms with E-state index in [0.29, 0.717) is 24.0 Å². The van der Waals surface area contributed by atoms with E-state index in [-0.39, 0.29) is 0 Å². The van der Waals surface area contributed by atoms with Crippen LogP contribution in [0.25, 0.3) is 11.0 Å². The number of para-hydroxylation sites is 2. The Hall–Kier alpha value is -2.60. The molecule has 4 aromatic rings. The lowest BCUT2D eigenvalue weighted by molar-refractivity contribution is 0.473. The number of nitrogens with zero attached hydrogens (tertiary/aromatic N) is 4. The van der Waals surface area contributed by atoms with E-state index in [1.54, 1.807) is 11.8 Å². The van der Waals surface area contributed by atoms with Crippen molar-refractivity contribution in [2.24, 2.45) is 0 Å². The Bertz CT molecular complexity index is 993. The van der Waals surface area contributed by atoms with Crippen molar-refractivity contribution >= 4 is 22.8 Å². The summed E-state index contributed by atoms with van der Waals surface area (Å²) >= 11 is 1.64. The summed E-state index contributed by atoms with van der Waals surface area (Å²) in [6.45, 7) is 3.13. The maximum absolute atomic E-state index is 5.80. The second-order valence-corrected chi connectivity index (χ2v) is 7.02. The number of fused-ring (bicyclic) bond motifs is 1. The molecular formula is C20H20N4OS. The van der Waals surface area contributed by atoms with Gasteiger partial charge in [-0.2, -0.15) is 0 Å². The highest BCUT2D eigenvalue weighted by molar-refractivity contribution is 7.98. The van der Waals surface area contributed by atoms with Crippen molar-refractivity contribution in [1.29, 1.82) is 0 Å². The maximum Gasteiger partial charge on any atom is 0.226 e. The fourth-order valence-corrected chi connectivity index (χ4v) is 3.80. The van der Waals surface area contributed by atoms with Crippen LogP contribution in [-0.2, 0) is 18.7 Å². The average molecular weight is 364 g/mol. The zero-order valence-electron chi connectivity index (χ0n) is 14.6. The molecule has 0 radical (unpaired) electrons. The topological polar surface area (TPSA) is 56.7 Å². The van der Waals surface area contributed by atoms with Gasteiger partial charge in [-0.3, -0.25) is 0 Å². The third-order valence-corrected chi connectivity index (χ3v) is 5.06. The summed E-state index contributed by atoms with van der Waals surface area (Å²) in [7, 11) is 0. The summed E-state index contributed by atoms with van der Waals surface area (Å²) < 4.78 is 8.07. The van der Waals surface area contributed by atoms with E-state index in [2.05, 4.69) is 52.0 Å². The van der Waals surface area contributed by atoms with Gasteiger partial charge in [0, 0.05) is 6.54 Å². The predicted molar refractivity (Wildman–Crippen MR) is 103 cm³/mol. The highest BCUT2D eigenvalue weighted by atomic mass is 32.2. The molecule has 0 aliphatic rings. The van der Waals surface area contributed by atoms with Crippen LogP contribution in [0, 0.1) is 0 Å². The molecule has 2 aromatic carbocycles. The van der Waals surface area contributed by atoms with Gasteiger partial charge < -0.3 is 8.98 Å². The van der Waals surface area contributed by atoms with Crippen molar-refractivity contribution in [3.05, 3.63) is 71.9 Å². The van der Waals surface area contributed by atoms with E-state index < -0.39 is 0 Å². The van der Waals surface area contributed by atoms with Gasteiger partial charge in [-0.15, -0.1) is 10.2 Å². The van der Waals surface area contributed by atoms with Gasteiger partial charge in [-0.05, 0) is 24.1 Å². The van der Waals surface area contributed by atoms with Crippen molar-refractivity contribution in [1.82, 2.24) is 19.7 Å². The van der Waals surface area contributed by atoms with E-state index in [1.807, 2.05) is 24.3 Å². The zero-order chi connectivity index (χ0) is 17.8. The summed E-state index contributed by atoms with van der Waals surface area (Å²) in [4.78, 5) is 4.76. The Labute approximate surface area is 156 Å². The van der Waals surface area contributed by atoms with Crippen LogP contribution in [-0.4, -0.2) is 19.7 Å². The van der Waals surface area contributed by atoms with Crippen LogP contribution in [0.2, 0.25) is 0 Å². The molecule has 0 spiro atoms. The molecule has 5 nitrogen and oxygen atoms in total. The summed E-state index contributed by atoms with van der Waals surface area (Å²) in [6, 6.07) is 18.4. The van der Waals surface area contributed by atoms with Crippen LogP contribution in [0.1, 0.15) is 30.7 Å². The standard InChI is InChI=1S/C20H20N4OS/c1-2-12-24-17-11-7-6-10-16(17)21-20(24)26-14-19-23-22-18(25-19)13-15-8-4-3-5-9-15/h3-11H,2,12-14H2,1H3. The Kier molecular flexibility index (Phi) is 5.02. The molecule has 132 valence electrons. The summed E-state index contributed by atoms with van der Waals surface area (Å²) in [6.07, 6.45) is 1.72. The summed E-state index contributed by atoms with van der Waals surface area (Å²) in [5, 5.41) is 9.35. The Balaban J connectivity index is 1.48. The fraction of sp³-hybridized carbons (Fsp3) is 0.250. The molecule has 2 heterocycles. The smallest absolute Gasteiger partial charge is 0.226 e. The molecule has 2 aromatic heterocycles. The lowest BCUT2D eigenvalue weighted by atomic mass is 10.2. The number of thioether (sulfide) groups is 1. The molecule has 0 fully saturated rings. The minimum Gasteiger partial charge on any atom is -0.424 e. The first-order valence-corrected chi connectivity index (χ1v) is 9.75. The quantitative estimate of drug-likeness (QED) is 0.444. The largest absolute Gasteiger partial charge is 0.424 e. The Morgan fingerprint density at radius 1 is 0.962 bits per heavy atom. The highest BCUT2D eigenvalue weighted by Crippen LogP contribution is 2.27. The summed E-state index contributed by atoms with van der Waals surface area (Å²) in [5.41, 5.74) is 3.37. The molecular weight excluding hydrogens is 344 g/mol. The molecule has 0 saturated heterocycles. The van der Waals surface area contributed by atoms with E-state index >= 15 is 0 Å². The van der Waals surface area contributed by atoms with Crippen LogP contribution in [0.3, 0.4) is 0 Å². The first-order valence-electron chi connectivity index (χ1n) is 8.76. The summed E-state index contributed by atoms with van der Waals surface area (Å²) in [5.74, 6) is 1.90. The van der Waals surface area contributed by atoms with Gasteiger partial charge in [0.1, 0.15) is 0 Å². The zero-order valence-corrected chi connectivity index (χ0v) is 15.4. The minimum absolute atomic E-state index is 0.620. The van der Waals surface area contributed by atoms with Gasteiger partial charge in [0.05, 0.1) is 23.2 Å². The van der Waals surface area contributed by atoms with Crippen molar-refractivity contribution < 1.29 is 4.42 Å². The molecule has 0 aliphatic carbocycles. The monoisotopic (exact) mass is 364 g/mol. The normalized spacial score (nSPS) is 11.3. The number of hydrogen-bond donors (Lipinski definition) is 0. The number of imidazole rings is 1. The molecule has 0 aliphatic heterocycles. The molecule has 0 saturated carbocycles. The van der Waals surface area contributed by atoms with Crippen molar-refractivity contribution in [3.63, 3.8) is 0 Å². The van der Waals surface area contributed by atoms with Gasteiger partial charge in [0.25, 0.3) is 0 Å². The average Bonchev–Trinajstić information content (AvgIpc) is 3.26. The predicted octanol–water partition coefficient (Wildman–Crippen LogP) is 4.71. The number of rotatable bonds is 7. The number of hydrogen-bond acceptors (Lipinski definition) is 5. The van der Waals surface area contributed by atoms with Crippen molar-refractivity contribution in [2.75, 3.05) is 0 Å². The van der Waals surface area contributed by atoms with Gasteiger partial charge in [0.2, 0.25) is 11.8 Å². The number of aryl methyl sites for hydroxylation is 1. The Morgan fingerprint density at radius 3 is 2.58 bits per heavy atom. The first kappa shape index (κ1) is 16.8. The van der Waals surface area contributed by atoms with E-state index in [4.69, 9.17) is 9.40 Å². The number of aromatic nitrogens is 4. The first-order chi connectivity index (χ1) is 12.8. The second-order valence-electron chi connectivity index (χ2n) is 6.08. The van der Waals surface area contributed by atoms with Crippen LogP contribution in [0.4, 0.5) is 0 Å². The SMILES string of the molecule is CCCn1c(SCc2nnc(Cc3ccccc3)o2)nc2ccccc21.